The van der Waals surface area contributed by atoms with Crippen LogP contribution in [0.4, 0.5) is 11.6 Å². The van der Waals surface area contributed by atoms with Crippen molar-refractivity contribution in [1.82, 2.24) is 9.97 Å². The lowest BCUT2D eigenvalue weighted by atomic mass is 10.2. The standard InChI is InChI=1S/C12H23N5S/c1-6-9-15-10(8(2)11(16-9)17-13)14-7-12(3,4)18-5/h6-7,13H2,1-5H3,(H2,14,15,16,17). The SMILES string of the molecule is CCc1nc(NN)c(C)c(NCC(C)(C)SC)n1. The molecule has 18 heavy (non-hydrogen) atoms. The fourth-order valence-electron chi connectivity index (χ4n) is 1.40. The number of nitrogen functional groups attached to an aromatic ring is 1. The lowest BCUT2D eigenvalue weighted by Gasteiger charge is -2.23. The molecule has 1 aromatic rings. The van der Waals surface area contributed by atoms with Gasteiger partial charge in [0.15, 0.2) is 0 Å². The van der Waals surface area contributed by atoms with E-state index in [2.05, 4.69) is 40.8 Å². The van der Waals surface area contributed by atoms with Crippen molar-refractivity contribution in [2.75, 3.05) is 23.5 Å². The first kappa shape index (κ1) is 15.0. The molecule has 0 saturated carbocycles. The molecule has 4 N–H and O–H groups in total. The summed E-state index contributed by atoms with van der Waals surface area (Å²) in [5.74, 6) is 7.81. The highest BCUT2D eigenvalue weighted by atomic mass is 32.2. The zero-order chi connectivity index (χ0) is 13.8. The quantitative estimate of drug-likeness (QED) is 0.543. The Hall–Kier alpha value is -1.01. The summed E-state index contributed by atoms with van der Waals surface area (Å²) in [6.45, 7) is 9.23. The van der Waals surface area contributed by atoms with Crippen LogP contribution in [-0.2, 0) is 6.42 Å². The van der Waals surface area contributed by atoms with E-state index in [4.69, 9.17) is 5.84 Å². The Balaban J connectivity index is 2.94. The number of hydrogen-bond acceptors (Lipinski definition) is 6. The fraction of sp³-hybridized carbons (Fsp3) is 0.667. The van der Waals surface area contributed by atoms with Crippen LogP contribution in [0.25, 0.3) is 0 Å². The third-order valence-electron chi connectivity index (χ3n) is 2.88. The summed E-state index contributed by atoms with van der Waals surface area (Å²) in [4.78, 5) is 8.85. The van der Waals surface area contributed by atoms with Crippen molar-refractivity contribution in [2.45, 2.75) is 38.9 Å². The van der Waals surface area contributed by atoms with Gasteiger partial charge in [0.1, 0.15) is 17.5 Å². The van der Waals surface area contributed by atoms with Crippen LogP contribution in [0.3, 0.4) is 0 Å². The highest BCUT2D eigenvalue weighted by molar-refractivity contribution is 7.99. The molecular weight excluding hydrogens is 246 g/mol. The van der Waals surface area contributed by atoms with Crippen LogP contribution in [0, 0.1) is 6.92 Å². The number of nitrogens with zero attached hydrogens (tertiary/aromatic N) is 2. The average molecular weight is 269 g/mol. The molecule has 1 aromatic heterocycles. The van der Waals surface area contributed by atoms with E-state index in [0.717, 1.165) is 30.2 Å². The first-order chi connectivity index (χ1) is 8.43. The molecule has 0 unspecified atom stereocenters. The molecule has 102 valence electrons. The number of aromatic nitrogens is 2. The van der Waals surface area contributed by atoms with Gasteiger partial charge >= 0.3 is 0 Å². The molecule has 0 saturated heterocycles. The van der Waals surface area contributed by atoms with E-state index >= 15 is 0 Å². The zero-order valence-electron chi connectivity index (χ0n) is 11.8. The van der Waals surface area contributed by atoms with Crippen molar-refractivity contribution in [3.05, 3.63) is 11.4 Å². The van der Waals surface area contributed by atoms with Gasteiger partial charge < -0.3 is 10.7 Å². The molecule has 1 rings (SSSR count). The van der Waals surface area contributed by atoms with Gasteiger partial charge in [-0.1, -0.05) is 6.92 Å². The Kier molecular flexibility index (Phi) is 5.22. The number of nitrogens with two attached hydrogens (primary N) is 1. The van der Waals surface area contributed by atoms with Gasteiger partial charge in [-0.3, -0.25) is 0 Å². The van der Waals surface area contributed by atoms with Gasteiger partial charge in [-0.05, 0) is 27.0 Å². The minimum atomic E-state index is 0.167. The van der Waals surface area contributed by atoms with Crippen LogP contribution in [0.5, 0.6) is 0 Å². The first-order valence-electron chi connectivity index (χ1n) is 6.06. The smallest absolute Gasteiger partial charge is 0.148 e. The molecule has 0 aliphatic heterocycles. The van der Waals surface area contributed by atoms with E-state index in [-0.39, 0.29) is 4.75 Å². The van der Waals surface area contributed by atoms with Crippen molar-refractivity contribution in [1.29, 1.82) is 0 Å². The number of rotatable bonds is 6. The lowest BCUT2D eigenvalue weighted by Crippen LogP contribution is -2.27. The first-order valence-corrected chi connectivity index (χ1v) is 7.29. The molecule has 0 atom stereocenters. The van der Waals surface area contributed by atoms with E-state index < -0.39 is 0 Å². The molecule has 0 amide bonds. The van der Waals surface area contributed by atoms with E-state index in [1.54, 1.807) is 0 Å². The summed E-state index contributed by atoms with van der Waals surface area (Å²) in [5, 5.41) is 3.39. The van der Waals surface area contributed by atoms with Gasteiger partial charge in [0.2, 0.25) is 0 Å². The average Bonchev–Trinajstić information content (AvgIpc) is 2.37. The highest BCUT2D eigenvalue weighted by Gasteiger charge is 2.17. The predicted octanol–water partition coefficient (Wildman–Crippen LogP) is 2.19. The van der Waals surface area contributed by atoms with Crippen molar-refractivity contribution in [3.63, 3.8) is 0 Å². The molecule has 5 nitrogen and oxygen atoms in total. The highest BCUT2D eigenvalue weighted by Crippen LogP contribution is 2.24. The maximum atomic E-state index is 5.48. The summed E-state index contributed by atoms with van der Waals surface area (Å²) in [6, 6.07) is 0. The topological polar surface area (TPSA) is 75.9 Å². The molecule has 0 aromatic carbocycles. The van der Waals surface area contributed by atoms with Crippen LogP contribution in [0.15, 0.2) is 0 Å². The summed E-state index contributed by atoms with van der Waals surface area (Å²) in [7, 11) is 0. The summed E-state index contributed by atoms with van der Waals surface area (Å²) in [5.41, 5.74) is 3.58. The third-order valence-corrected chi connectivity index (χ3v) is 4.13. The van der Waals surface area contributed by atoms with Crippen LogP contribution in [0.1, 0.15) is 32.2 Å². The normalized spacial score (nSPS) is 11.4. The predicted molar refractivity (Wildman–Crippen MR) is 80.0 cm³/mol. The van der Waals surface area contributed by atoms with Gasteiger partial charge in [0.05, 0.1) is 0 Å². The molecule has 0 radical (unpaired) electrons. The van der Waals surface area contributed by atoms with Crippen LogP contribution in [0.2, 0.25) is 0 Å². The summed E-state index contributed by atoms with van der Waals surface area (Å²) >= 11 is 1.83. The van der Waals surface area contributed by atoms with Gasteiger partial charge in [0, 0.05) is 23.3 Å². The minimum Gasteiger partial charge on any atom is -0.368 e. The Morgan fingerprint density at radius 2 is 1.89 bits per heavy atom. The van der Waals surface area contributed by atoms with Gasteiger partial charge in [-0.2, -0.15) is 11.8 Å². The number of anilines is 2. The molecule has 0 fully saturated rings. The molecule has 0 spiro atoms. The van der Waals surface area contributed by atoms with Crippen molar-refractivity contribution in [2.24, 2.45) is 5.84 Å². The zero-order valence-corrected chi connectivity index (χ0v) is 12.6. The van der Waals surface area contributed by atoms with E-state index in [9.17, 15) is 0 Å². The fourth-order valence-corrected chi connectivity index (χ4v) is 1.62. The van der Waals surface area contributed by atoms with Gasteiger partial charge in [-0.25, -0.2) is 15.8 Å². The van der Waals surface area contributed by atoms with E-state index in [1.165, 1.54) is 0 Å². The second-order valence-electron chi connectivity index (χ2n) is 4.78. The van der Waals surface area contributed by atoms with Crippen molar-refractivity contribution < 1.29 is 0 Å². The van der Waals surface area contributed by atoms with Gasteiger partial charge in [0.25, 0.3) is 0 Å². The minimum absolute atomic E-state index is 0.167. The molecular formula is C12H23N5S. The summed E-state index contributed by atoms with van der Waals surface area (Å²) < 4.78 is 0.167. The second-order valence-corrected chi connectivity index (χ2v) is 6.29. The van der Waals surface area contributed by atoms with Crippen LogP contribution in [-0.4, -0.2) is 27.5 Å². The Morgan fingerprint density at radius 1 is 1.28 bits per heavy atom. The maximum absolute atomic E-state index is 5.48. The Morgan fingerprint density at radius 3 is 2.39 bits per heavy atom. The summed E-state index contributed by atoms with van der Waals surface area (Å²) in [6.07, 6.45) is 2.90. The number of nitrogens with one attached hydrogen (secondary N) is 2. The Bertz CT molecular complexity index is 406. The molecule has 1 heterocycles. The second kappa shape index (κ2) is 6.24. The third kappa shape index (κ3) is 3.74. The van der Waals surface area contributed by atoms with Gasteiger partial charge in [-0.15, -0.1) is 0 Å². The lowest BCUT2D eigenvalue weighted by molar-refractivity contribution is 0.747. The largest absolute Gasteiger partial charge is 0.368 e. The Labute approximate surface area is 113 Å². The number of thioether (sulfide) groups is 1. The molecule has 0 aliphatic rings. The van der Waals surface area contributed by atoms with Crippen molar-refractivity contribution in [3.8, 4) is 0 Å². The maximum Gasteiger partial charge on any atom is 0.148 e. The number of hydrogen-bond donors (Lipinski definition) is 3. The van der Waals surface area contributed by atoms with E-state index in [0.29, 0.717) is 5.82 Å². The van der Waals surface area contributed by atoms with Crippen LogP contribution < -0.4 is 16.6 Å². The number of hydrazine groups is 1. The van der Waals surface area contributed by atoms with Crippen molar-refractivity contribution >= 4 is 23.4 Å². The monoisotopic (exact) mass is 269 g/mol. The molecule has 0 aliphatic carbocycles. The molecule has 0 bridgehead atoms. The molecule has 6 heteroatoms. The van der Waals surface area contributed by atoms with E-state index in [1.807, 2.05) is 25.6 Å². The van der Waals surface area contributed by atoms with Crippen LogP contribution >= 0.6 is 11.8 Å². The number of aryl methyl sites for hydroxylation is 1.